The number of urea groups is 1. The molecule has 0 aromatic heterocycles. The number of carbonyl (C=O) groups excluding carboxylic acids is 2. The molecule has 1 aromatic carbocycles. The molecule has 3 rings (SSSR count). The van der Waals surface area contributed by atoms with Crippen molar-refractivity contribution < 1.29 is 14.3 Å². The highest BCUT2D eigenvalue weighted by atomic mass is 16.5. The fourth-order valence-corrected chi connectivity index (χ4v) is 3.60. The minimum atomic E-state index is -0.331. The van der Waals surface area contributed by atoms with Crippen LogP contribution in [0.5, 0.6) is 0 Å². The first-order valence-electron chi connectivity index (χ1n) is 8.90. The molecule has 1 atom stereocenters. The van der Waals surface area contributed by atoms with Gasteiger partial charge in [0.25, 0.3) is 5.91 Å². The number of amides is 3. The summed E-state index contributed by atoms with van der Waals surface area (Å²) < 4.78 is 6.12. The van der Waals surface area contributed by atoms with Crippen molar-refractivity contribution in [1.29, 1.82) is 0 Å². The number of rotatable bonds is 2. The molecule has 0 radical (unpaired) electrons. The van der Waals surface area contributed by atoms with Crippen molar-refractivity contribution in [2.24, 2.45) is 0 Å². The van der Waals surface area contributed by atoms with Crippen LogP contribution < -0.4 is 5.32 Å². The number of nitrogens with zero attached hydrogens (tertiary/aromatic N) is 2. The number of likely N-dealkylation sites (N-methyl/N-ethyl adjacent to an activating group) is 1. The van der Waals surface area contributed by atoms with Crippen LogP contribution >= 0.6 is 0 Å². The zero-order valence-electron chi connectivity index (χ0n) is 15.2. The highest BCUT2D eigenvalue weighted by Crippen LogP contribution is 2.39. The second kappa shape index (κ2) is 7.04. The van der Waals surface area contributed by atoms with Gasteiger partial charge in [0.15, 0.2) is 0 Å². The topological polar surface area (TPSA) is 61.9 Å². The third-order valence-corrected chi connectivity index (χ3v) is 5.24. The Morgan fingerprint density at radius 2 is 1.80 bits per heavy atom. The first-order valence-corrected chi connectivity index (χ1v) is 8.90. The Kier molecular flexibility index (Phi) is 4.99. The zero-order valence-corrected chi connectivity index (χ0v) is 15.2. The first kappa shape index (κ1) is 17.7. The molecule has 0 bridgehead atoms. The van der Waals surface area contributed by atoms with Gasteiger partial charge in [0.2, 0.25) is 0 Å². The molecule has 2 heterocycles. The average Bonchev–Trinajstić information content (AvgIpc) is 3.00. The Morgan fingerprint density at radius 1 is 1.16 bits per heavy atom. The number of carbonyl (C=O) groups is 2. The summed E-state index contributed by atoms with van der Waals surface area (Å²) in [5, 5.41) is 2.95. The lowest BCUT2D eigenvalue weighted by atomic mass is 9.88. The molecule has 0 unspecified atom stereocenters. The van der Waals surface area contributed by atoms with Gasteiger partial charge in [-0.25, -0.2) is 4.79 Å². The molecular weight excluding hydrogens is 318 g/mol. The standard InChI is InChI=1S/C19H27N3O3/c1-14-4-6-15(7-5-14)20-18(24)22-12-10-19(11-13-22)9-8-16(25-19)17(23)21(2)3/h4-7,16H,8-13H2,1-3H3,(H,20,24)/t16-/m0/s1. The van der Waals surface area contributed by atoms with Gasteiger partial charge in [-0.15, -0.1) is 0 Å². The lowest BCUT2D eigenvalue weighted by Gasteiger charge is -2.39. The predicted octanol–water partition coefficient (Wildman–Crippen LogP) is 2.63. The van der Waals surface area contributed by atoms with Gasteiger partial charge < -0.3 is 19.9 Å². The number of benzene rings is 1. The van der Waals surface area contributed by atoms with E-state index in [9.17, 15) is 9.59 Å². The summed E-state index contributed by atoms with van der Waals surface area (Å²) in [7, 11) is 3.52. The van der Waals surface area contributed by atoms with Crippen molar-refractivity contribution in [2.75, 3.05) is 32.5 Å². The highest BCUT2D eigenvalue weighted by Gasteiger charge is 2.45. The molecule has 2 saturated heterocycles. The van der Waals surface area contributed by atoms with Gasteiger partial charge >= 0.3 is 6.03 Å². The highest BCUT2D eigenvalue weighted by molar-refractivity contribution is 5.89. The van der Waals surface area contributed by atoms with Crippen LogP contribution in [0.2, 0.25) is 0 Å². The molecule has 136 valence electrons. The Bertz CT molecular complexity index is 634. The normalized spacial score (nSPS) is 22.0. The van der Waals surface area contributed by atoms with E-state index in [-0.39, 0.29) is 23.6 Å². The fourth-order valence-electron chi connectivity index (χ4n) is 3.60. The SMILES string of the molecule is Cc1ccc(NC(=O)N2CCC3(CC[C@@H](C(=O)N(C)C)O3)CC2)cc1. The average molecular weight is 345 g/mol. The minimum absolute atomic E-state index is 0.0384. The van der Waals surface area contributed by atoms with E-state index < -0.39 is 0 Å². The number of hydrogen-bond acceptors (Lipinski definition) is 3. The Morgan fingerprint density at radius 3 is 2.40 bits per heavy atom. The molecule has 2 aliphatic heterocycles. The summed E-state index contributed by atoms with van der Waals surface area (Å²) in [6, 6.07) is 7.72. The van der Waals surface area contributed by atoms with Crippen LogP contribution in [0, 0.1) is 6.92 Å². The molecular formula is C19H27N3O3. The second-order valence-corrected chi connectivity index (χ2v) is 7.34. The number of ether oxygens (including phenoxy) is 1. The number of piperidine rings is 1. The molecule has 1 N–H and O–H groups in total. The van der Waals surface area contributed by atoms with Gasteiger partial charge in [0, 0.05) is 32.9 Å². The van der Waals surface area contributed by atoms with E-state index in [1.807, 2.05) is 36.1 Å². The van der Waals surface area contributed by atoms with Crippen LogP contribution in [0.3, 0.4) is 0 Å². The van der Waals surface area contributed by atoms with E-state index >= 15 is 0 Å². The van der Waals surface area contributed by atoms with E-state index in [1.54, 1.807) is 19.0 Å². The smallest absolute Gasteiger partial charge is 0.321 e. The zero-order chi connectivity index (χ0) is 18.0. The third-order valence-electron chi connectivity index (χ3n) is 5.24. The van der Waals surface area contributed by atoms with Gasteiger partial charge in [0.05, 0.1) is 5.60 Å². The number of nitrogens with one attached hydrogen (secondary N) is 1. The molecule has 0 aliphatic carbocycles. The number of hydrogen-bond donors (Lipinski definition) is 1. The van der Waals surface area contributed by atoms with Gasteiger partial charge in [-0.3, -0.25) is 4.79 Å². The first-order chi connectivity index (χ1) is 11.9. The van der Waals surface area contributed by atoms with Crippen molar-refractivity contribution in [3.63, 3.8) is 0 Å². The van der Waals surface area contributed by atoms with Crippen LogP contribution in [0.25, 0.3) is 0 Å². The third kappa shape index (κ3) is 3.95. The lowest BCUT2D eigenvalue weighted by Crippen LogP contribution is -2.48. The number of likely N-dealkylation sites (tertiary alicyclic amines) is 1. The largest absolute Gasteiger partial charge is 0.362 e. The molecule has 1 spiro atoms. The fraction of sp³-hybridized carbons (Fsp3) is 0.579. The quantitative estimate of drug-likeness (QED) is 0.896. The molecule has 0 saturated carbocycles. The van der Waals surface area contributed by atoms with Crippen molar-refractivity contribution >= 4 is 17.6 Å². The summed E-state index contributed by atoms with van der Waals surface area (Å²) in [4.78, 5) is 27.9. The van der Waals surface area contributed by atoms with Gasteiger partial charge in [-0.2, -0.15) is 0 Å². The summed E-state index contributed by atoms with van der Waals surface area (Å²) in [6.07, 6.45) is 2.90. The number of aryl methyl sites for hydroxylation is 1. The van der Waals surface area contributed by atoms with Crippen LogP contribution in [0.15, 0.2) is 24.3 Å². The van der Waals surface area contributed by atoms with Crippen molar-refractivity contribution in [2.45, 2.75) is 44.3 Å². The monoisotopic (exact) mass is 345 g/mol. The molecule has 6 heteroatoms. The number of anilines is 1. The van der Waals surface area contributed by atoms with Crippen molar-refractivity contribution in [1.82, 2.24) is 9.80 Å². The van der Waals surface area contributed by atoms with E-state index in [0.717, 1.165) is 36.9 Å². The van der Waals surface area contributed by atoms with Crippen molar-refractivity contribution in [3.8, 4) is 0 Å². The van der Waals surface area contributed by atoms with E-state index in [0.29, 0.717) is 13.1 Å². The maximum atomic E-state index is 12.4. The summed E-state index contributed by atoms with van der Waals surface area (Å²) in [5.74, 6) is 0.0384. The molecule has 2 aliphatic rings. The van der Waals surface area contributed by atoms with E-state index in [1.165, 1.54) is 0 Å². The maximum Gasteiger partial charge on any atom is 0.321 e. The van der Waals surface area contributed by atoms with Crippen LogP contribution in [0.1, 0.15) is 31.2 Å². The Hall–Kier alpha value is -2.08. The Labute approximate surface area is 149 Å². The second-order valence-electron chi connectivity index (χ2n) is 7.34. The molecule has 6 nitrogen and oxygen atoms in total. The molecule has 25 heavy (non-hydrogen) atoms. The molecule has 3 amide bonds. The van der Waals surface area contributed by atoms with Gasteiger partial charge in [-0.05, 0) is 44.7 Å². The summed E-state index contributed by atoms with van der Waals surface area (Å²) >= 11 is 0. The van der Waals surface area contributed by atoms with E-state index in [4.69, 9.17) is 4.74 Å². The van der Waals surface area contributed by atoms with Gasteiger partial charge in [0.1, 0.15) is 6.10 Å². The maximum absolute atomic E-state index is 12.4. The Balaban J connectivity index is 1.52. The van der Waals surface area contributed by atoms with Crippen LogP contribution in [-0.2, 0) is 9.53 Å². The molecule has 1 aromatic rings. The van der Waals surface area contributed by atoms with E-state index in [2.05, 4.69) is 5.32 Å². The lowest BCUT2D eigenvalue weighted by molar-refractivity contribution is -0.148. The summed E-state index contributed by atoms with van der Waals surface area (Å²) in [6.45, 7) is 3.33. The van der Waals surface area contributed by atoms with Crippen molar-refractivity contribution in [3.05, 3.63) is 29.8 Å². The predicted molar refractivity (Wildman–Crippen MR) is 96.5 cm³/mol. The molecule has 2 fully saturated rings. The summed E-state index contributed by atoms with van der Waals surface area (Å²) in [5.41, 5.74) is 1.74. The van der Waals surface area contributed by atoms with Crippen LogP contribution in [-0.4, -0.2) is 60.6 Å². The van der Waals surface area contributed by atoms with Gasteiger partial charge in [-0.1, -0.05) is 17.7 Å². The minimum Gasteiger partial charge on any atom is -0.362 e. The van der Waals surface area contributed by atoms with Crippen LogP contribution in [0.4, 0.5) is 10.5 Å².